The first kappa shape index (κ1) is 10.7. The van der Waals surface area contributed by atoms with Crippen LogP contribution in [-0.2, 0) is 9.40 Å². The first-order chi connectivity index (χ1) is 5.73. The Labute approximate surface area is 77.2 Å². The number of allylic oxidation sites excluding steroid dienone is 1. The Balaban J connectivity index is 2.94. The van der Waals surface area contributed by atoms with E-state index in [1.807, 2.05) is 20.8 Å². The van der Waals surface area contributed by atoms with Gasteiger partial charge in [0.15, 0.2) is 0 Å². The summed E-state index contributed by atoms with van der Waals surface area (Å²) in [5.41, 5.74) is 0.207. The van der Waals surface area contributed by atoms with Crippen LogP contribution in [0.1, 0.15) is 20.8 Å². The zero-order valence-corrected chi connectivity index (χ0v) is 8.78. The highest BCUT2D eigenvalue weighted by Gasteiger charge is 2.37. The molecule has 0 aromatic rings. The Morgan fingerprint density at radius 3 is 2.38 bits per heavy atom. The summed E-state index contributed by atoms with van der Waals surface area (Å²) in [6.07, 6.45) is 1.68. The highest BCUT2D eigenvalue weighted by atomic mass is 31.2. The molecule has 0 bridgehead atoms. The molecule has 0 spiro atoms. The van der Waals surface area contributed by atoms with Crippen molar-refractivity contribution in [1.29, 1.82) is 0 Å². The van der Waals surface area contributed by atoms with E-state index in [9.17, 15) is 4.57 Å². The van der Waals surface area contributed by atoms with Crippen molar-refractivity contribution in [3.63, 3.8) is 0 Å². The normalized spacial score (nSPS) is 19.2. The van der Waals surface area contributed by atoms with Crippen LogP contribution in [0.3, 0.4) is 0 Å². The molecule has 0 aliphatic carbocycles. The molecule has 0 saturated heterocycles. The second-order valence-electron chi connectivity index (χ2n) is 3.92. The van der Waals surface area contributed by atoms with Gasteiger partial charge >= 0.3 is 7.75 Å². The summed E-state index contributed by atoms with van der Waals surface area (Å²) in [7, 11) is -4.32. The van der Waals surface area contributed by atoms with Crippen molar-refractivity contribution in [2.75, 3.05) is 6.61 Å². The Morgan fingerprint density at radius 2 is 2.08 bits per heavy atom. The van der Waals surface area contributed by atoms with E-state index in [0.29, 0.717) is 10.5 Å². The summed E-state index contributed by atoms with van der Waals surface area (Å²) in [6, 6.07) is 0. The molecule has 0 aromatic carbocycles. The molecule has 0 aromatic heterocycles. The summed E-state index contributed by atoms with van der Waals surface area (Å²) in [4.78, 5) is 23.4. The van der Waals surface area contributed by atoms with Gasteiger partial charge in [0.25, 0.3) is 0 Å². The second-order valence-corrected chi connectivity index (χ2v) is 5.31. The molecule has 1 aliphatic rings. The summed E-state index contributed by atoms with van der Waals surface area (Å²) in [6.45, 7) is 5.83. The van der Waals surface area contributed by atoms with Crippen LogP contribution in [0.25, 0.3) is 0 Å². The topological polar surface area (TPSA) is 70.0 Å². The van der Waals surface area contributed by atoms with Crippen molar-refractivity contribution >= 4 is 7.75 Å². The van der Waals surface area contributed by atoms with Gasteiger partial charge in [-0.25, -0.2) is 4.57 Å². The average Bonchev–Trinajstić information content (AvgIpc) is 2.27. The summed E-state index contributed by atoms with van der Waals surface area (Å²) < 4.78 is 10.9. The highest BCUT2D eigenvalue weighted by molar-refractivity contribution is 7.49. The average molecular weight is 207 g/mol. The first-order valence-electron chi connectivity index (χ1n) is 3.92. The van der Waals surface area contributed by atoms with Crippen LogP contribution < -0.4 is 0 Å². The van der Waals surface area contributed by atoms with Crippen LogP contribution in [0.5, 0.6) is 0 Å². The van der Waals surface area contributed by atoms with Gasteiger partial charge < -0.3 is 9.79 Å². The number of rotatable bonds is 1. The lowest BCUT2D eigenvalue weighted by Crippen LogP contribution is -2.23. The van der Waals surface area contributed by atoms with E-state index in [1.54, 1.807) is 6.08 Å². The van der Waals surface area contributed by atoms with Gasteiger partial charge in [-0.3, -0.25) is 4.84 Å². The molecular formula is C7H14NO4P. The summed E-state index contributed by atoms with van der Waals surface area (Å²) in [5, 5.41) is 0. The van der Waals surface area contributed by atoms with Gasteiger partial charge in [-0.05, 0) is 6.08 Å². The van der Waals surface area contributed by atoms with Crippen molar-refractivity contribution in [3.05, 3.63) is 11.8 Å². The molecule has 1 rings (SSSR count). The number of hydrogen-bond donors (Lipinski definition) is 2. The quantitative estimate of drug-likeness (QED) is 0.633. The zero-order valence-electron chi connectivity index (χ0n) is 7.89. The largest absolute Gasteiger partial charge is 0.453 e. The fourth-order valence-electron chi connectivity index (χ4n) is 1.14. The Morgan fingerprint density at radius 1 is 1.54 bits per heavy atom. The standard InChI is InChI=1S/C7H14NO4P/c1-7(2,3)6-4-5-12-8(6)13(9,10)11/h4H,5H2,1-3H3,(H2,9,10,11). The van der Waals surface area contributed by atoms with E-state index < -0.39 is 7.75 Å². The highest BCUT2D eigenvalue weighted by Crippen LogP contribution is 2.49. The number of hydrogen-bond acceptors (Lipinski definition) is 2. The molecule has 0 radical (unpaired) electrons. The minimum absolute atomic E-state index is 0.220. The monoisotopic (exact) mass is 207 g/mol. The molecule has 0 atom stereocenters. The Hall–Kier alpha value is -0.350. The second kappa shape index (κ2) is 3.10. The van der Waals surface area contributed by atoms with E-state index in [2.05, 4.69) is 0 Å². The lowest BCUT2D eigenvalue weighted by atomic mass is 9.92. The van der Waals surface area contributed by atoms with Gasteiger partial charge in [0, 0.05) is 5.41 Å². The molecule has 1 heterocycles. The maximum absolute atomic E-state index is 10.9. The van der Waals surface area contributed by atoms with Gasteiger partial charge in [0.2, 0.25) is 0 Å². The molecule has 5 nitrogen and oxygen atoms in total. The third-order valence-electron chi connectivity index (χ3n) is 1.68. The molecule has 13 heavy (non-hydrogen) atoms. The van der Waals surface area contributed by atoms with Crippen LogP contribution in [0.2, 0.25) is 0 Å². The third-order valence-corrected chi connectivity index (χ3v) is 2.49. The minimum atomic E-state index is -4.32. The maximum Gasteiger partial charge on any atom is 0.453 e. The molecule has 2 N–H and O–H groups in total. The van der Waals surface area contributed by atoms with Crippen LogP contribution in [-0.4, -0.2) is 21.2 Å². The molecule has 0 fully saturated rings. The molecule has 0 amide bonds. The molecule has 1 aliphatic heterocycles. The van der Waals surface area contributed by atoms with Crippen LogP contribution >= 0.6 is 7.75 Å². The molecule has 6 heteroatoms. The lowest BCUT2D eigenvalue weighted by Gasteiger charge is -2.29. The van der Waals surface area contributed by atoms with Gasteiger partial charge in [-0.1, -0.05) is 20.8 Å². The van der Waals surface area contributed by atoms with E-state index >= 15 is 0 Å². The molecule has 76 valence electrons. The van der Waals surface area contributed by atoms with E-state index in [-0.39, 0.29) is 12.0 Å². The number of nitrogens with zero attached hydrogens (tertiary/aromatic N) is 1. The van der Waals surface area contributed by atoms with Gasteiger partial charge in [-0.15, -0.1) is 0 Å². The van der Waals surface area contributed by atoms with Crippen LogP contribution in [0, 0.1) is 5.41 Å². The predicted molar refractivity (Wildman–Crippen MR) is 47.4 cm³/mol. The third kappa shape index (κ3) is 2.31. The van der Waals surface area contributed by atoms with Gasteiger partial charge in [0.1, 0.15) is 0 Å². The van der Waals surface area contributed by atoms with Crippen molar-refractivity contribution in [2.24, 2.45) is 5.41 Å². The zero-order chi connectivity index (χ0) is 10.3. The molecular weight excluding hydrogens is 193 g/mol. The Kier molecular flexibility index (Phi) is 2.56. The fourth-order valence-corrected chi connectivity index (χ4v) is 2.02. The first-order valence-corrected chi connectivity index (χ1v) is 5.49. The maximum atomic E-state index is 10.9. The van der Waals surface area contributed by atoms with Crippen molar-refractivity contribution < 1.29 is 19.2 Å². The van der Waals surface area contributed by atoms with Crippen molar-refractivity contribution in [2.45, 2.75) is 20.8 Å². The summed E-state index contributed by atoms with van der Waals surface area (Å²) >= 11 is 0. The van der Waals surface area contributed by atoms with E-state index in [0.717, 1.165) is 0 Å². The van der Waals surface area contributed by atoms with E-state index in [1.165, 1.54) is 0 Å². The SMILES string of the molecule is CC(C)(C)C1=CCON1P(=O)(O)O. The minimum Gasteiger partial charge on any atom is -0.307 e. The van der Waals surface area contributed by atoms with Crippen LogP contribution in [0.15, 0.2) is 11.8 Å². The number of hydroxylamine groups is 1. The van der Waals surface area contributed by atoms with Crippen molar-refractivity contribution in [1.82, 2.24) is 4.83 Å². The van der Waals surface area contributed by atoms with Gasteiger partial charge in [-0.2, -0.15) is 4.83 Å². The smallest absolute Gasteiger partial charge is 0.307 e. The predicted octanol–water partition coefficient (Wildman–Crippen LogP) is 1.26. The van der Waals surface area contributed by atoms with Crippen molar-refractivity contribution in [3.8, 4) is 0 Å². The molecule has 0 unspecified atom stereocenters. The molecule has 0 saturated carbocycles. The van der Waals surface area contributed by atoms with E-state index in [4.69, 9.17) is 14.6 Å². The summed E-state index contributed by atoms with van der Waals surface area (Å²) in [5.74, 6) is 0. The van der Waals surface area contributed by atoms with Crippen LogP contribution in [0.4, 0.5) is 0 Å². The van der Waals surface area contributed by atoms with Gasteiger partial charge in [0.05, 0.1) is 12.3 Å². The fraction of sp³-hybridized carbons (Fsp3) is 0.714. The Bertz CT molecular complexity index is 275. The lowest BCUT2D eigenvalue weighted by molar-refractivity contribution is -0.0545.